The van der Waals surface area contributed by atoms with Gasteiger partial charge in [-0.2, -0.15) is 0 Å². The van der Waals surface area contributed by atoms with Crippen LogP contribution in [0.25, 0.3) is 0 Å². The van der Waals surface area contributed by atoms with Crippen molar-refractivity contribution in [1.82, 2.24) is 4.90 Å². The first-order valence-corrected chi connectivity index (χ1v) is 7.33. The smallest absolute Gasteiger partial charge is 0.409 e. The minimum Gasteiger partial charge on any atom is -0.450 e. The minimum absolute atomic E-state index is 0.283. The summed E-state index contributed by atoms with van der Waals surface area (Å²) in [6.07, 6.45) is 1.47. The van der Waals surface area contributed by atoms with Crippen molar-refractivity contribution in [3.8, 4) is 0 Å². The SMILES string of the molecule is CCOC(=O)N1CCC(Cc2ccccc2)(C(N)=O)CC1. The van der Waals surface area contributed by atoms with Crippen LogP contribution in [0.5, 0.6) is 0 Å². The van der Waals surface area contributed by atoms with Crippen LogP contribution in [-0.2, 0) is 16.0 Å². The number of carbonyl (C=O) groups excluding carboxylic acids is 2. The van der Waals surface area contributed by atoms with Gasteiger partial charge in [-0.15, -0.1) is 0 Å². The Labute approximate surface area is 125 Å². The molecule has 1 heterocycles. The number of carbonyl (C=O) groups is 2. The fraction of sp³-hybridized carbons (Fsp3) is 0.500. The van der Waals surface area contributed by atoms with Gasteiger partial charge < -0.3 is 15.4 Å². The summed E-state index contributed by atoms with van der Waals surface area (Å²) in [7, 11) is 0. The van der Waals surface area contributed by atoms with Crippen LogP contribution in [-0.4, -0.2) is 36.6 Å². The molecule has 114 valence electrons. The predicted octanol–water partition coefficient (Wildman–Crippen LogP) is 1.95. The molecule has 21 heavy (non-hydrogen) atoms. The number of primary amides is 1. The summed E-state index contributed by atoms with van der Waals surface area (Å²) in [5.74, 6) is -0.283. The highest BCUT2D eigenvalue weighted by Gasteiger charge is 2.41. The molecular weight excluding hydrogens is 268 g/mol. The maximum atomic E-state index is 12.0. The van der Waals surface area contributed by atoms with Gasteiger partial charge in [-0.3, -0.25) is 4.79 Å². The number of piperidine rings is 1. The Morgan fingerprint density at radius 2 is 1.86 bits per heavy atom. The highest BCUT2D eigenvalue weighted by Crippen LogP contribution is 2.35. The molecule has 0 spiro atoms. The van der Waals surface area contributed by atoms with Gasteiger partial charge in [0.05, 0.1) is 12.0 Å². The van der Waals surface area contributed by atoms with Gasteiger partial charge in [0.15, 0.2) is 0 Å². The lowest BCUT2D eigenvalue weighted by atomic mass is 9.73. The van der Waals surface area contributed by atoms with E-state index in [0.717, 1.165) is 5.56 Å². The molecule has 0 saturated carbocycles. The van der Waals surface area contributed by atoms with Crippen LogP contribution in [0.4, 0.5) is 4.79 Å². The average Bonchev–Trinajstić information content (AvgIpc) is 2.49. The Morgan fingerprint density at radius 1 is 1.24 bits per heavy atom. The van der Waals surface area contributed by atoms with Crippen molar-refractivity contribution in [1.29, 1.82) is 0 Å². The summed E-state index contributed by atoms with van der Waals surface area (Å²) in [5.41, 5.74) is 6.19. The topological polar surface area (TPSA) is 72.6 Å². The number of likely N-dealkylation sites (tertiary alicyclic amines) is 1. The molecule has 1 aliphatic rings. The zero-order chi connectivity index (χ0) is 15.3. The van der Waals surface area contributed by atoms with Crippen LogP contribution in [0.3, 0.4) is 0 Å². The van der Waals surface area contributed by atoms with Crippen LogP contribution in [0.2, 0.25) is 0 Å². The fourth-order valence-electron chi connectivity index (χ4n) is 2.83. The number of benzene rings is 1. The highest BCUT2D eigenvalue weighted by atomic mass is 16.6. The van der Waals surface area contributed by atoms with E-state index in [1.807, 2.05) is 30.3 Å². The average molecular weight is 290 g/mol. The van der Waals surface area contributed by atoms with Crippen LogP contribution in [0, 0.1) is 5.41 Å². The standard InChI is InChI=1S/C16H22N2O3/c1-2-21-15(20)18-10-8-16(9-11-18,14(17)19)12-13-6-4-3-5-7-13/h3-7H,2,8-12H2,1H3,(H2,17,19). The molecule has 5 nitrogen and oxygen atoms in total. The van der Waals surface area contributed by atoms with Gasteiger partial charge in [-0.05, 0) is 31.7 Å². The Bertz CT molecular complexity index is 494. The molecule has 1 saturated heterocycles. The molecule has 2 N–H and O–H groups in total. The lowest BCUT2D eigenvalue weighted by Crippen LogP contribution is -2.50. The Hall–Kier alpha value is -2.04. The van der Waals surface area contributed by atoms with Gasteiger partial charge >= 0.3 is 6.09 Å². The zero-order valence-corrected chi connectivity index (χ0v) is 12.4. The van der Waals surface area contributed by atoms with Gasteiger partial charge in [-0.25, -0.2) is 4.79 Å². The third-order valence-corrected chi connectivity index (χ3v) is 4.15. The summed E-state index contributed by atoms with van der Waals surface area (Å²) < 4.78 is 5.00. The number of nitrogens with two attached hydrogens (primary N) is 1. The lowest BCUT2D eigenvalue weighted by molar-refractivity contribution is -0.130. The molecule has 0 bridgehead atoms. The van der Waals surface area contributed by atoms with E-state index in [-0.39, 0.29) is 12.0 Å². The third kappa shape index (κ3) is 3.54. The lowest BCUT2D eigenvalue weighted by Gasteiger charge is -2.39. The number of hydrogen-bond donors (Lipinski definition) is 1. The van der Waals surface area contributed by atoms with E-state index in [9.17, 15) is 9.59 Å². The number of amides is 2. The quantitative estimate of drug-likeness (QED) is 0.921. The Morgan fingerprint density at radius 3 is 2.38 bits per heavy atom. The van der Waals surface area contributed by atoms with E-state index < -0.39 is 5.41 Å². The number of nitrogens with zero attached hydrogens (tertiary/aromatic N) is 1. The second kappa shape index (κ2) is 6.61. The van der Waals surface area contributed by atoms with Gasteiger partial charge in [0.1, 0.15) is 0 Å². The van der Waals surface area contributed by atoms with Gasteiger partial charge in [0.2, 0.25) is 5.91 Å². The first-order chi connectivity index (χ1) is 10.1. The number of rotatable bonds is 4. The van der Waals surface area contributed by atoms with E-state index >= 15 is 0 Å². The van der Waals surface area contributed by atoms with Crippen LogP contribution >= 0.6 is 0 Å². The van der Waals surface area contributed by atoms with Crippen molar-refractivity contribution in [3.05, 3.63) is 35.9 Å². The molecule has 0 aromatic heterocycles. The third-order valence-electron chi connectivity index (χ3n) is 4.15. The van der Waals surface area contributed by atoms with Crippen molar-refractivity contribution in [2.75, 3.05) is 19.7 Å². The number of hydrogen-bond acceptors (Lipinski definition) is 3. The van der Waals surface area contributed by atoms with Gasteiger partial charge in [-0.1, -0.05) is 30.3 Å². The molecule has 1 fully saturated rings. The molecule has 2 amide bonds. The summed E-state index contributed by atoms with van der Waals surface area (Å²) in [6, 6.07) is 9.87. The normalized spacial score (nSPS) is 17.3. The second-order valence-corrected chi connectivity index (χ2v) is 5.49. The first kappa shape index (κ1) is 15.4. The molecule has 1 aromatic rings. The van der Waals surface area contributed by atoms with Crippen molar-refractivity contribution in [2.45, 2.75) is 26.2 Å². The largest absolute Gasteiger partial charge is 0.450 e. The molecule has 0 unspecified atom stereocenters. The van der Waals surface area contributed by atoms with Gasteiger partial charge in [0, 0.05) is 13.1 Å². The molecule has 0 atom stereocenters. The predicted molar refractivity (Wildman–Crippen MR) is 79.6 cm³/mol. The van der Waals surface area contributed by atoms with Crippen LogP contribution in [0.15, 0.2) is 30.3 Å². The maximum Gasteiger partial charge on any atom is 0.409 e. The summed E-state index contributed by atoms with van der Waals surface area (Å²) >= 11 is 0. The second-order valence-electron chi connectivity index (χ2n) is 5.49. The Balaban J connectivity index is 2.05. The van der Waals surface area contributed by atoms with Crippen molar-refractivity contribution in [2.24, 2.45) is 11.1 Å². The summed E-state index contributed by atoms with van der Waals surface area (Å²) in [6.45, 7) is 3.16. The Kier molecular flexibility index (Phi) is 4.83. The van der Waals surface area contributed by atoms with E-state index in [2.05, 4.69) is 0 Å². The van der Waals surface area contributed by atoms with E-state index in [1.165, 1.54) is 0 Å². The fourth-order valence-corrected chi connectivity index (χ4v) is 2.83. The molecule has 1 aliphatic heterocycles. The molecular formula is C16H22N2O3. The first-order valence-electron chi connectivity index (χ1n) is 7.33. The number of ether oxygens (including phenoxy) is 1. The molecule has 1 aromatic carbocycles. The van der Waals surface area contributed by atoms with Crippen LogP contribution < -0.4 is 5.73 Å². The van der Waals surface area contributed by atoms with Crippen LogP contribution in [0.1, 0.15) is 25.3 Å². The van der Waals surface area contributed by atoms with Crippen molar-refractivity contribution < 1.29 is 14.3 Å². The minimum atomic E-state index is -0.565. The van der Waals surface area contributed by atoms with Crippen molar-refractivity contribution in [3.63, 3.8) is 0 Å². The zero-order valence-electron chi connectivity index (χ0n) is 12.4. The van der Waals surface area contributed by atoms with Gasteiger partial charge in [0.25, 0.3) is 0 Å². The van der Waals surface area contributed by atoms with E-state index in [1.54, 1.807) is 11.8 Å². The molecule has 0 radical (unpaired) electrons. The molecule has 0 aliphatic carbocycles. The summed E-state index contributed by atoms with van der Waals surface area (Å²) in [4.78, 5) is 25.3. The summed E-state index contributed by atoms with van der Waals surface area (Å²) in [5, 5.41) is 0. The van der Waals surface area contributed by atoms with Crippen molar-refractivity contribution >= 4 is 12.0 Å². The van der Waals surface area contributed by atoms with E-state index in [4.69, 9.17) is 10.5 Å². The monoisotopic (exact) mass is 290 g/mol. The highest BCUT2D eigenvalue weighted by molar-refractivity contribution is 5.81. The molecule has 5 heteroatoms. The maximum absolute atomic E-state index is 12.0. The van der Waals surface area contributed by atoms with E-state index in [0.29, 0.717) is 39.0 Å². The molecule has 2 rings (SSSR count).